The largest absolute Gasteiger partial charge is 0.491 e. The van der Waals surface area contributed by atoms with Crippen molar-refractivity contribution in [2.45, 2.75) is 32.0 Å². The Labute approximate surface area is 117 Å². The van der Waals surface area contributed by atoms with Gasteiger partial charge in [0.25, 0.3) is 0 Å². The number of fused-ring (bicyclic) bond motifs is 1. The minimum absolute atomic E-state index is 0.0629. The highest BCUT2D eigenvalue weighted by molar-refractivity contribution is 5.88. The van der Waals surface area contributed by atoms with Gasteiger partial charge in [-0.05, 0) is 19.8 Å². The molecule has 0 amide bonds. The molecule has 5 nitrogen and oxygen atoms in total. The number of esters is 2. The van der Waals surface area contributed by atoms with Crippen LogP contribution in [0.25, 0.3) is 0 Å². The smallest absolute Gasteiger partial charge is 0.344 e. The van der Waals surface area contributed by atoms with E-state index in [1.165, 1.54) is 6.92 Å². The van der Waals surface area contributed by atoms with Gasteiger partial charge in [-0.3, -0.25) is 0 Å². The van der Waals surface area contributed by atoms with E-state index in [1.54, 1.807) is 0 Å². The molecule has 1 saturated heterocycles. The summed E-state index contributed by atoms with van der Waals surface area (Å²) in [5.41, 5.74) is 0.260. The molecule has 5 unspecified atom stereocenters. The Morgan fingerprint density at radius 1 is 1.40 bits per heavy atom. The summed E-state index contributed by atoms with van der Waals surface area (Å²) >= 11 is 0. The Balaban J connectivity index is 1.54. The van der Waals surface area contributed by atoms with Crippen LogP contribution in [0.1, 0.15) is 19.8 Å². The Morgan fingerprint density at radius 3 is 2.85 bits per heavy atom. The maximum atomic E-state index is 11.8. The molecule has 3 fully saturated rings. The van der Waals surface area contributed by atoms with Gasteiger partial charge in [0.15, 0.2) is 6.61 Å². The van der Waals surface area contributed by atoms with Crippen molar-refractivity contribution in [2.75, 3.05) is 6.61 Å². The van der Waals surface area contributed by atoms with Crippen LogP contribution in [0.3, 0.4) is 0 Å². The van der Waals surface area contributed by atoms with Gasteiger partial charge in [0.05, 0.1) is 5.76 Å². The second-order valence-corrected chi connectivity index (χ2v) is 5.86. The zero-order valence-corrected chi connectivity index (χ0v) is 11.5. The fraction of sp³-hybridized carbons (Fsp3) is 0.600. The molecule has 2 aliphatic carbocycles. The van der Waals surface area contributed by atoms with Gasteiger partial charge in [-0.15, -0.1) is 0 Å². The lowest BCUT2D eigenvalue weighted by Crippen LogP contribution is -2.37. The molecule has 1 heterocycles. The van der Waals surface area contributed by atoms with E-state index in [0.29, 0.717) is 17.8 Å². The third kappa shape index (κ3) is 2.01. The third-order valence-corrected chi connectivity index (χ3v) is 4.50. The van der Waals surface area contributed by atoms with E-state index in [1.807, 2.05) is 0 Å². The number of ether oxygens (including phenoxy) is 3. The molecular formula is C15H18O5. The van der Waals surface area contributed by atoms with Crippen molar-refractivity contribution in [2.24, 2.45) is 17.8 Å². The lowest BCUT2D eigenvalue weighted by molar-refractivity contribution is -0.166. The monoisotopic (exact) mass is 278 g/mol. The summed E-state index contributed by atoms with van der Waals surface area (Å²) in [6.45, 7) is 8.53. The molecule has 5 atom stereocenters. The molecule has 2 saturated carbocycles. The van der Waals surface area contributed by atoms with E-state index in [-0.39, 0.29) is 24.4 Å². The second-order valence-electron chi connectivity index (χ2n) is 5.86. The first-order valence-electron chi connectivity index (χ1n) is 6.85. The topological polar surface area (TPSA) is 61.8 Å². The Bertz CT molecular complexity index is 494. The Kier molecular flexibility index (Phi) is 3.07. The fourth-order valence-corrected chi connectivity index (χ4v) is 3.64. The van der Waals surface area contributed by atoms with Crippen LogP contribution in [0.5, 0.6) is 0 Å². The van der Waals surface area contributed by atoms with Gasteiger partial charge in [-0.2, -0.15) is 0 Å². The summed E-state index contributed by atoms with van der Waals surface area (Å²) < 4.78 is 15.9. The van der Waals surface area contributed by atoms with Crippen molar-refractivity contribution in [1.29, 1.82) is 0 Å². The van der Waals surface area contributed by atoms with Crippen LogP contribution >= 0.6 is 0 Å². The van der Waals surface area contributed by atoms with Gasteiger partial charge in [0.1, 0.15) is 12.2 Å². The van der Waals surface area contributed by atoms with E-state index >= 15 is 0 Å². The normalized spacial score (nSPS) is 36.6. The lowest BCUT2D eigenvalue weighted by atomic mass is 9.87. The number of hydrogen-bond acceptors (Lipinski definition) is 5. The molecule has 3 aliphatic rings. The summed E-state index contributed by atoms with van der Waals surface area (Å²) in [5.74, 6) is 0.921. The maximum Gasteiger partial charge on any atom is 0.344 e. The van der Waals surface area contributed by atoms with Crippen molar-refractivity contribution in [3.8, 4) is 0 Å². The van der Waals surface area contributed by atoms with Crippen molar-refractivity contribution in [3.63, 3.8) is 0 Å². The van der Waals surface area contributed by atoms with Gasteiger partial charge < -0.3 is 14.2 Å². The van der Waals surface area contributed by atoms with Crippen LogP contribution in [0, 0.1) is 17.8 Å². The van der Waals surface area contributed by atoms with E-state index in [0.717, 1.165) is 18.6 Å². The molecular weight excluding hydrogens is 260 g/mol. The SMILES string of the molecule is C=C(C)C(=O)OCC(=O)OC1C2CC3C(=C)OC1C3C2. The number of rotatable bonds is 4. The minimum atomic E-state index is -0.583. The van der Waals surface area contributed by atoms with Crippen molar-refractivity contribution >= 4 is 11.9 Å². The molecule has 0 N–H and O–H groups in total. The highest BCUT2D eigenvalue weighted by Crippen LogP contribution is 2.58. The minimum Gasteiger partial charge on any atom is -0.491 e. The van der Waals surface area contributed by atoms with Crippen molar-refractivity contribution < 1.29 is 23.8 Å². The lowest BCUT2D eigenvalue weighted by Gasteiger charge is -2.25. The zero-order chi connectivity index (χ0) is 14.4. The summed E-state index contributed by atoms with van der Waals surface area (Å²) in [4.78, 5) is 23.0. The number of carbonyl (C=O) groups excluding carboxylic acids is 2. The van der Waals surface area contributed by atoms with Crippen LogP contribution in [-0.2, 0) is 23.8 Å². The molecule has 0 spiro atoms. The molecule has 108 valence electrons. The van der Waals surface area contributed by atoms with Gasteiger partial charge in [0, 0.05) is 23.3 Å². The summed E-state index contributed by atoms with van der Waals surface area (Å²) in [6, 6.07) is 0. The highest BCUT2D eigenvalue weighted by atomic mass is 16.6. The van der Waals surface area contributed by atoms with Gasteiger partial charge in [-0.1, -0.05) is 13.2 Å². The molecule has 3 rings (SSSR count). The number of hydrogen-bond donors (Lipinski definition) is 0. The first-order valence-corrected chi connectivity index (χ1v) is 6.85. The van der Waals surface area contributed by atoms with Gasteiger partial charge in [0.2, 0.25) is 0 Å². The molecule has 0 aromatic rings. The fourth-order valence-electron chi connectivity index (χ4n) is 3.64. The maximum absolute atomic E-state index is 11.8. The van der Waals surface area contributed by atoms with Crippen molar-refractivity contribution in [1.82, 2.24) is 0 Å². The summed E-state index contributed by atoms with van der Waals surface area (Å²) in [5, 5.41) is 0. The molecule has 5 heteroatoms. The van der Waals surface area contributed by atoms with Crippen LogP contribution in [-0.4, -0.2) is 30.8 Å². The number of carbonyl (C=O) groups is 2. The molecule has 20 heavy (non-hydrogen) atoms. The molecule has 2 bridgehead atoms. The van der Waals surface area contributed by atoms with E-state index in [9.17, 15) is 9.59 Å². The quantitative estimate of drug-likeness (QED) is 0.577. The standard InChI is InChI=1S/C15H18O5/c1-7(2)15(17)18-6-12(16)20-13-9-4-10-8(3)19-14(13)11(10)5-9/h9-11,13-14H,1,3-6H2,2H3. The molecule has 1 aliphatic heterocycles. The summed E-state index contributed by atoms with van der Waals surface area (Å²) in [7, 11) is 0. The second kappa shape index (κ2) is 4.65. The van der Waals surface area contributed by atoms with Gasteiger partial charge >= 0.3 is 11.9 Å². The average Bonchev–Trinajstić information content (AvgIpc) is 3.00. The summed E-state index contributed by atoms with van der Waals surface area (Å²) in [6.07, 6.45) is 1.71. The molecule has 0 radical (unpaired) electrons. The van der Waals surface area contributed by atoms with Gasteiger partial charge in [-0.25, -0.2) is 9.59 Å². The molecule has 0 aromatic heterocycles. The van der Waals surface area contributed by atoms with E-state index in [4.69, 9.17) is 14.2 Å². The number of allylic oxidation sites excluding steroid dienone is 1. The predicted molar refractivity (Wildman–Crippen MR) is 69.4 cm³/mol. The van der Waals surface area contributed by atoms with E-state index < -0.39 is 11.9 Å². The predicted octanol–water partition coefficient (Wildman–Crippen LogP) is 1.59. The van der Waals surface area contributed by atoms with Crippen LogP contribution in [0.15, 0.2) is 24.5 Å². The average molecular weight is 278 g/mol. The zero-order valence-electron chi connectivity index (χ0n) is 11.5. The highest BCUT2D eigenvalue weighted by Gasteiger charge is 2.61. The van der Waals surface area contributed by atoms with Crippen LogP contribution in [0.2, 0.25) is 0 Å². The first kappa shape index (κ1) is 13.2. The molecule has 0 aromatic carbocycles. The third-order valence-electron chi connectivity index (χ3n) is 4.50. The van der Waals surface area contributed by atoms with Crippen LogP contribution < -0.4 is 0 Å². The van der Waals surface area contributed by atoms with E-state index in [2.05, 4.69) is 13.2 Å². The first-order chi connectivity index (χ1) is 9.47. The Morgan fingerprint density at radius 2 is 2.15 bits per heavy atom. The van der Waals surface area contributed by atoms with Crippen molar-refractivity contribution in [3.05, 3.63) is 24.5 Å². The van der Waals surface area contributed by atoms with Crippen LogP contribution in [0.4, 0.5) is 0 Å². The Hall–Kier alpha value is -1.78.